The maximum Gasteiger partial charge on any atom is 0.416 e. The minimum atomic E-state index is -4.56. The molecule has 42 heavy (non-hydrogen) atoms. The smallest absolute Gasteiger partial charge is 0.380 e. The van der Waals surface area contributed by atoms with Crippen LogP contribution in [0.4, 0.5) is 26.3 Å². The molecule has 0 atom stereocenters. The van der Waals surface area contributed by atoms with Crippen LogP contribution in [-0.2, 0) is 31.0 Å². The first-order valence-electron chi connectivity index (χ1n) is 13.5. The summed E-state index contributed by atoms with van der Waals surface area (Å²) in [6.45, 7) is 4.35. The van der Waals surface area contributed by atoms with Gasteiger partial charge in [0.05, 0.1) is 17.7 Å². The highest BCUT2D eigenvalue weighted by atomic mass is 19.4. The van der Waals surface area contributed by atoms with Crippen molar-refractivity contribution < 1.29 is 31.4 Å². The fourth-order valence-corrected chi connectivity index (χ4v) is 5.48. The Labute approximate surface area is 238 Å². The lowest BCUT2D eigenvalue weighted by molar-refractivity contribution is -0.138. The third-order valence-electron chi connectivity index (χ3n) is 7.84. The van der Waals surface area contributed by atoms with E-state index in [0.717, 1.165) is 35.4 Å². The van der Waals surface area contributed by atoms with Crippen LogP contribution in [0.15, 0.2) is 72.8 Å². The number of benzene rings is 3. The summed E-state index contributed by atoms with van der Waals surface area (Å²) in [5.74, 6) is 0.104. The standard InChI is InChI=1S/C30H29F6N5O/c1-2-41-38-27(37-39-41)21-5-3-20(4-6-21)19-40-17-15-24(16-18-40)28(42,22-7-11-25(12-8-22)29(31,32)33)23-9-13-26(14-10-23)30(34,35)36/h3-14,24,42H,2,15-19H2,1H3. The Bertz CT molecular complexity index is 1420. The Balaban J connectivity index is 1.33. The topological polar surface area (TPSA) is 67.1 Å². The van der Waals surface area contributed by atoms with Crippen molar-refractivity contribution in [2.45, 2.75) is 50.8 Å². The van der Waals surface area contributed by atoms with Crippen LogP contribution in [0.25, 0.3) is 11.4 Å². The van der Waals surface area contributed by atoms with Gasteiger partial charge < -0.3 is 5.11 Å². The number of piperidine rings is 1. The van der Waals surface area contributed by atoms with E-state index in [4.69, 9.17) is 0 Å². The molecule has 0 saturated carbocycles. The Morgan fingerprint density at radius 2 is 1.21 bits per heavy atom. The van der Waals surface area contributed by atoms with Crippen LogP contribution >= 0.6 is 0 Å². The highest BCUT2D eigenvalue weighted by Crippen LogP contribution is 2.44. The van der Waals surface area contributed by atoms with Gasteiger partial charge >= 0.3 is 12.4 Å². The van der Waals surface area contributed by atoms with Crippen LogP contribution in [0.5, 0.6) is 0 Å². The predicted octanol–water partition coefficient (Wildman–Crippen LogP) is 6.55. The summed E-state index contributed by atoms with van der Waals surface area (Å²) >= 11 is 0. The molecule has 0 spiro atoms. The van der Waals surface area contributed by atoms with Crippen molar-refractivity contribution in [3.8, 4) is 11.4 Å². The quantitative estimate of drug-likeness (QED) is 0.248. The summed E-state index contributed by atoms with van der Waals surface area (Å²) in [7, 11) is 0. The molecule has 0 bridgehead atoms. The first-order chi connectivity index (χ1) is 19.9. The number of aryl methyl sites for hydroxylation is 1. The molecule has 2 heterocycles. The summed E-state index contributed by atoms with van der Waals surface area (Å²) in [5.41, 5.74) is -1.20. The normalized spacial score (nSPS) is 15.7. The first kappa shape index (κ1) is 29.7. The molecular formula is C30H29F6N5O. The Kier molecular flexibility index (Phi) is 8.13. The number of hydrogen-bond acceptors (Lipinski definition) is 5. The maximum atomic E-state index is 13.2. The zero-order valence-electron chi connectivity index (χ0n) is 22.7. The third-order valence-corrected chi connectivity index (χ3v) is 7.84. The van der Waals surface area contributed by atoms with Gasteiger partial charge in [-0.05, 0) is 84.9 Å². The monoisotopic (exact) mass is 589 g/mol. The second-order valence-electron chi connectivity index (χ2n) is 10.5. The van der Waals surface area contributed by atoms with E-state index in [2.05, 4.69) is 20.3 Å². The van der Waals surface area contributed by atoms with Gasteiger partial charge in [-0.15, -0.1) is 10.2 Å². The maximum absolute atomic E-state index is 13.2. The molecule has 1 fully saturated rings. The molecule has 12 heteroatoms. The molecule has 3 aromatic carbocycles. The molecule has 0 radical (unpaired) electrons. The van der Waals surface area contributed by atoms with Crippen LogP contribution in [0.1, 0.15) is 47.6 Å². The molecule has 1 aliphatic rings. The molecule has 4 aromatic rings. The lowest BCUT2D eigenvalue weighted by atomic mass is 9.71. The minimum Gasteiger partial charge on any atom is -0.380 e. The number of likely N-dealkylation sites (tertiary alicyclic amines) is 1. The van der Waals surface area contributed by atoms with Gasteiger partial charge in [0, 0.05) is 12.1 Å². The van der Waals surface area contributed by atoms with Gasteiger partial charge in [0.25, 0.3) is 0 Å². The van der Waals surface area contributed by atoms with E-state index in [-0.39, 0.29) is 11.1 Å². The number of nitrogens with zero attached hydrogens (tertiary/aromatic N) is 5. The lowest BCUT2D eigenvalue weighted by Crippen LogP contribution is -2.44. The SMILES string of the molecule is CCn1nnc(-c2ccc(CN3CCC(C(O)(c4ccc(C(F)(F)F)cc4)c4ccc(C(F)(F)F)cc4)CC3)cc2)n1. The lowest BCUT2D eigenvalue weighted by Gasteiger charge is -2.42. The Morgan fingerprint density at radius 3 is 1.64 bits per heavy atom. The minimum absolute atomic E-state index is 0.206. The van der Waals surface area contributed by atoms with Crippen molar-refractivity contribution in [3.05, 3.63) is 101 Å². The summed E-state index contributed by atoms with van der Waals surface area (Å²) < 4.78 is 79.3. The van der Waals surface area contributed by atoms with Gasteiger partial charge in [-0.1, -0.05) is 48.5 Å². The molecule has 0 unspecified atom stereocenters. The van der Waals surface area contributed by atoms with Gasteiger partial charge in [-0.2, -0.15) is 31.1 Å². The molecule has 0 amide bonds. The molecule has 1 aliphatic heterocycles. The zero-order valence-corrected chi connectivity index (χ0v) is 22.7. The molecule has 0 aliphatic carbocycles. The average molecular weight is 590 g/mol. The molecule has 1 N–H and O–H groups in total. The average Bonchev–Trinajstić information content (AvgIpc) is 3.46. The summed E-state index contributed by atoms with van der Waals surface area (Å²) in [4.78, 5) is 3.71. The van der Waals surface area contributed by atoms with E-state index in [1.165, 1.54) is 29.1 Å². The van der Waals surface area contributed by atoms with Crippen molar-refractivity contribution in [2.75, 3.05) is 13.1 Å². The number of rotatable bonds is 7. The number of alkyl halides is 6. The first-order valence-corrected chi connectivity index (χ1v) is 13.5. The van der Waals surface area contributed by atoms with Gasteiger partial charge in [-0.3, -0.25) is 4.90 Å². The second-order valence-corrected chi connectivity index (χ2v) is 10.5. The molecular weight excluding hydrogens is 560 g/mol. The largest absolute Gasteiger partial charge is 0.416 e. The number of hydrogen-bond donors (Lipinski definition) is 1. The zero-order chi connectivity index (χ0) is 30.1. The summed E-state index contributed by atoms with van der Waals surface area (Å²) in [6, 6.07) is 16.2. The third kappa shape index (κ3) is 6.19. The molecule has 5 rings (SSSR count). The summed E-state index contributed by atoms with van der Waals surface area (Å²) in [6.07, 6.45) is -8.14. The number of tetrazole rings is 1. The molecule has 222 valence electrons. The Hall–Kier alpha value is -3.77. The predicted molar refractivity (Wildman–Crippen MR) is 143 cm³/mol. The van der Waals surface area contributed by atoms with Gasteiger partial charge in [0.2, 0.25) is 5.82 Å². The van der Waals surface area contributed by atoms with E-state index in [1.54, 1.807) is 0 Å². The van der Waals surface area contributed by atoms with Crippen molar-refractivity contribution in [3.63, 3.8) is 0 Å². The van der Waals surface area contributed by atoms with Gasteiger partial charge in [-0.25, -0.2) is 0 Å². The van der Waals surface area contributed by atoms with Crippen LogP contribution in [0, 0.1) is 5.92 Å². The van der Waals surface area contributed by atoms with Crippen molar-refractivity contribution >= 4 is 0 Å². The summed E-state index contributed by atoms with van der Waals surface area (Å²) in [5, 5.41) is 24.4. The highest BCUT2D eigenvalue weighted by Gasteiger charge is 2.43. The van der Waals surface area contributed by atoms with Crippen LogP contribution in [-0.4, -0.2) is 43.3 Å². The van der Waals surface area contributed by atoms with Crippen LogP contribution < -0.4 is 0 Å². The van der Waals surface area contributed by atoms with E-state index < -0.39 is 35.0 Å². The van der Waals surface area contributed by atoms with E-state index in [0.29, 0.717) is 44.8 Å². The second kappa shape index (κ2) is 11.5. The van der Waals surface area contributed by atoms with Crippen molar-refractivity contribution in [2.24, 2.45) is 5.92 Å². The molecule has 1 saturated heterocycles. The Morgan fingerprint density at radius 1 is 0.738 bits per heavy atom. The van der Waals surface area contributed by atoms with E-state index in [1.807, 2.05) is 31.2 Å². The van der Waals surface area contributed by atoms with Crippen LogP contribution in [0.2, 0.25) is 0 Å². The van der Waals surface area contributed by atoms with E-state index in [9.17, 15) is 31.4 Å². The number of aliphatic hydroxyl groups is 1. The number of halogens is 6. The van der Waals surface area contributed by atoms with E-state index >= 15 is 0 Å². The molecule has 1 aromatic heterocycles. The fourth-order valence-electron chi connectivity index (χ4n) is 5.48. The molecule has 6 nitrogen and oxygen atoms in total. The van der Waals surface area contributed by atoms with Gasteiger partial charge in [0.15, 0.2) is 0 Å². The van der Waals surface area contributed by atoms with Gasteiger partial charge in [0.1, 0.15) is 5.60 Å². The number of aromatic nitrogens is 4. The van der Waals surface area contributed by atoms with Crippen molar-refractivity contribution in [1.82, 2.24) is 25.1 Å². The fraction of sp³-hybridized carbons (Fsp3) is 0.367. The van der Waals surface area contributed by atoms with Crippen molar-refractivity contribution in [1.29, 1.82) is 0 Å². The highest BCUT2D eigenvalue weighted by molar-refractivity contribution is 5.54. The van der Waals surface area contributed by atoms with Crippen LogP contribution in [0.3, 0.4) is 0 Å².